The minimum Gasteiger partial charge on any atom is -0.494 e. The Morgan fingerprint density at radius 3 is 2.67 bits per heavy atom. The van der Waals surface area contributed by atoms with Crippen molar-refractivity contribution < 1.29 is 4.74 Å². The van der Waals surface area contributed by atoms with Crippen molar-refractivity contribution in [3.8, 4) is 28.8 Å². The molecule has 2 N–H and O–H groups in total. The third-order valence-corrected chi connectivity index (χ3v) is 4.04. The number of nitriles is 1. The Kier molecular flexibility index (Phi) is 4.15. The van der Waals surface area contributed by atoms with E-state index in [0.717, 1.165) is 5.56 Å². The molecule has 6 heteroatoms. The Bertz CT molecular complexity index is 956. The number of aryl methyl sites for hydroxylation is 1. The molecular formula is C18H15ClN4O. The molecule has 3 aromatic rings. The van der Waals surface area contributed by atoms with Crippen molar-refractivity contribution in [2.45, 2.75) is 6.92 Å². The van der Waals surface area contributed by atoms with Crippen molar-refractivity contribution in [2.75, 3.05) is 12.8 Å². The predicted molar refractivity (Wildman–Crippen MR) is 94.4 cm³/mol. The van der Waals surface area contributed by atoms with Crippen LogP contribution in [0.2, 0.25) is 5.02 Å². The van der Waals surface area contributed by atoms with Crippen LogP contribution in [-0.4, -0.2) is 16.9 Å². The fourth-order valence-corrected chi connectivity index (χ4v) is 2.86. The lowest BCUT2D eigenvalue weighted by molar-refractivity contribution is 0.412. The first-order chi connectivity index (χ1) is 11.6. The second-order valence-electron chi connectivity index (χ2n) is 5.29. The van der Waals surface area contributed by atoms with Gasteiger partial charge in [0.25, 0.3) is 0 Å². The molecule has 2 aromatic carbocycles. The van der Waals surface area contributed by atoms with Gasteiger partial charge in [0.15, 0.2) is 0 Å². The molecule has 0 saturated carbocycles. The van der Waals surface area contributed by atoms with Crippen molar-refractivity contribution >= 4 is 17.4 Å². The number of halogens is 1. The average molecular weight is 339 g/mol. The normalized spacial score (nSPS) is 10.4. The SMILES string of the molecule is COc1ccccc1-n1nc(-c2ccc(C)cc2Cl)c(C#N)c1N. The van der Waals surface area contributed by atoms with Crippen LogP contribution in [0.5, 0.6) is 5.75 Å². The summed E-state index contributed by atoms with van der Waals surface area (Å²) in [5.41, 5.74) is 9.25. The maximum absolute atomic E-state index is 9.54. The van der Waals surface area contributed by atoms with Crippen LogP contribution in [0.15, 0.2) is 42.5 Å². The fourth-order valence-electron chi connectivity index (χ4n) is 2.53. The van der Waals surface area contributed by atoms with E-state index in [1.54, 1.807) is 13.2 Å². The zero-order valence-corrected chi connectivity index (χ0v) is 14.0. The highest BCUT2D eigenvalue weighted by Gasteiger charge is 2.21. The van der Waals surface area contributed by atoms with E-state index in [2.05, 4.69) is 11.2 Å². The lowest BCUT2D eigenvalue weighted by atomic mass is 10.1. The van der Waals surface area contributed by atoms with E-state index < -0.39 is 0 Å². The number of hydrogen-bond donors (Lipinski definition) is 1. The lowest BCUT2D eigenvalue weighted by Crippen LogP contribution is -2.04. The van der Waals surface area contributed by atoms with Gasteiger partial charge in [-0.1, -0.05) is 35.9 Å². The first-order valence-electron chi connectivity index (χ1n) is 7.25. The molecule has 24 heavy (non-hydrogen) atoms. The summed E-state index contributed by atoms with van der Waals surface area (Å²) in [5, 5.41) is 14.6. The Balaban J connectivity index is 2.26. The number of aromatic nitrogens is 2. The van der Waals surface area contributed by atoms with E-state index in [4.69, 9.17) is 22.1 Å². The molecule has 0 fully saturated rings. The number of para-hydroxylation sites is 2. The molecule has 0 aliphatic heterocycles. The van der Waals surface area contributed by atoms with Crippen molar-refractivity contribution in [3.63, 3.8) is 0 Å². The van der Waals surface area contributed by atoms with Crippen LogP contribution < -0.4 is 10.5 Å². The molecule has 0 spiro atoms. The number of anilines is 1. The van der Waals surface area contributed by atoms with E-state index in [1.807, 2.05) is 43.3 Å². The third-order valence-electron chi connectivity index (χ3n) is 3.73. The summed E-state index contributed by atoms with van der Waals surface area (Å²) in [5.74, 6) is 0.853. The predicted octanol–water partition coefficient (Wildman–Crippen LogP) is 3.96. The number of ether oxygens (including phenoxy) is 1. The second kappa shape index (κ2) is 6.26. The van der Waals surface area contributed by atoms with Gasteiger partial charge in [0.2, 0.25) is 0 Å². The zero-order chi connectivity index (χ0) is 17.3. The summed E-state index contributed by atoms with van der Waals surface area (Å²) in [6.45, 7) is 1.95. The van der Waals surface area contributed by atoms with Crippen molar-refractivity contribution in [3.05, 3.63) is 58.6 Å². The highest BCUT2D eigenvalue weighted by atomic mass is 35.5. The molecule has 0 aliphatic carbocycles. The summed E-state index contributed by atoms with van der Waals surface area (Å²) >= 11 is 6.33. The second-order valence-corrected chi connectivity index (χ2v) is 5.69. The van der Waals surface area contributed by atoms with Gasteiger partial charge in [0, 0.05) is 5.56 Å². The minimum atomic E-state index is 0.244. The largest absolute Gasteiger partial charge is 0.494 e. The average Bonchev–Trinajstić information content (AvgIpc) is 2.91. The van der Waals surface area contributed by atoms with Gasteiger partial charge in [-0.3, -0.25) is 0 Å². The monoisotopic (exact) mass is 338 g/mol. The van der Waals surface area contributed by atoms with Gasteiger partial charge in [-0.05, 0) is 30.7 Å². The Morgan fingerprint density at radius 1 is 1.25 bits per heavy atom. The molecule has 0 saturated heterocycles. The summed E-state index contributed by atoms with van der Waals surface area (Å²) in [4.78, 5) is 0. The summed E-state index contributed by atoms with van der Waals surface area (Å²) in [6, 6.07) is 15.0. The highest BCUT2D eigenvalue weighted by molar-refractivity contribution is 6.33. The molecule has 1 aromatic heterocycles. The van der Waals surface area contributed by atoms with Crippen molar-refractivity contribution in [2.24, 2.45) is 0 Å². The van der Waals surface area contributed by atoms with Crippen LogP contribution in [0.1, 0.15) is 11.1 Å². The Labute approximate surface area is 144 Å². The van der Waals surface area contributed by atoms with Crippen molar-refractivity contribution in [1.29, 1.82) is 5.26 Å². The molecule has 0 aliphatic rings. The summed E-state index contributed by atoms with van der Waals surface area (Å²) < 4.78 is 6.86. The molecular weight excluding hydrogens is 324 g/mol. The summed E-state index contributed by atoms with van der Waals surface area (Å²) in [7, 11) is 1.57. The number of methoxy groups -OCH3 is 1. The van der Waals surface area contributed by atoms with Gasteiger partial charge in [-0.2, -0.15) is 10.4 Å². The van der Waals surface area contributed by atoms with Crippen LogP contribution in [0, 0.1) is 18.3 Å². The van der Waals surface area contributed by atoms with Gasteiger partial charge in [0.05, 0.1) is 12.1 Å². The first-order valence-corrected chi connectivity index (χ1v) is 7.63. The Hall–Kier alpha value is -2.97. The molecule has 0 bridgehead atoms. The smallest absolute Gasteiger partial charge is 0.146 e. The van der Waals surface area contributed by atoms with E-state index >= 15 is 0 Å². The van der Waals surface area contributed by atoms with E-state index in [9.17, 15) is 5.26 Å². The van der Waals surface area contributed by atoms with Crippen LogP contribution in [-0.2, 0) is 0 Å². The van der Waals surface area contributed by atoms with Crippen LogP contribution in [0.3, 0.4) is 0 Å². The maximum Gasteiger partial charge on any atom is 0.146 e. The molecule has 120 valence electrons. The van der Waals surface area contributed by atoms with Crippen molar-refractivity contribution in [1.82, 2.24) is 9.78 Å². The number of hydrogen-bond acceptors (Lipinski definition) is 4. The van der Waals surface area contributed by atoms with E-state index in [0.29, 0.717) is 27.7 Å². The van der Waals surface area contributed by atoms with Crippen LogP contribution >= 0.6 is 11.6 Å². The summed E-state index contributed by atoms with van der Waals surface area (Å²) in [6.07, 6.45) is 0. The van der Waals surface area contributed by atoms with Gasteiger partial charge < -0.3 is 10.5 Å². The maximum atomic E-state index is 9.54. The van der Waals surface area contributed by atoms with Gasteiger partial charge in [0.1, 0.15) is 34.6 Å². The Morgan fingerprint density at radius 2 is 2.00 bits per heavy atom. The third kappa shape index (κ3) is 2.57. The van der Waals surface area contributed by atoms with Gasteiger partial charge in [-0.15, -0.1) is 0 Å². The zero-order valence-electron chi connectivity index (χ0n) is 13.2. The van der Waals surface area contributed by atoms with E-state index in [1.165, 1.54) is 4.68 Å². The lowest BCUT2D eigenvalue weighted by Gasteiger charge is -2.09. The van der Waals surface area contributed by atoms with Crippen LogP contribution in [0.25, 0.3) is 16.9 Å². The number of benzene rings is 2. The molecule has 0 radical (unpaired) electrons. The molecule has 0 amide bonds. The molecule has 0 unspecified atom stereocenters. The molecule has 1 heterocycles. The minimum absolute atomic E-state index is 0.244. The fraction of sp³-hybridized carbons (Fsp3) is 0.111. The molecule has 5 nitrogen and oxygen atoms in total. The number of nitrogen functional groups attached to an aromatic ring is 1. The number of rotatable bonds is 3. The highest BCUT2D eigenvalue weighted by Crippen LogP contribution is 2.35. The quantitative estimate of drug-likeness (QED) is 0.784. The van der Waals surface area contributed by atoms with Gasteiger partial charge >= 0.3 is 0 Å². The number of nitrogens with two attached hydrogens (primary N) is 1. The number of nitrogens with zero attached hydrogens (tertiary/aromatic N) is 3. The molecule has 0 atom stereocenters. The van der Waals surface area contributed by atoms with E-state index in [-0.39, 0.29) is 11.4 Å². The first kappa shape index (κ1) is 15.9. The molecule has 3 rings (SSSR count). The van der Waals surface area contributed by atoms with Crippen LogP contribution in [0.4, 0.5) is 5.82 Å². The van der Waals surface area contributed by atoms with Gasteiger partial charge in [-0.25, -0.2) is 4.68 Å². The standard InChI is InChI=1S/C18H15ClN4O/c1-11-7-8-12(14(19)9-11)17-13(10-20)18(21)23(22-17)15-5-3-4-6-16(15)24-2/h3-9H,21H2,1-2H3. The topological polar surface area (TPSA) is 76.9 Å².